The van der Waals surface area contributed by atoms with Gasteiger partial charge in [-0.25, -0.2) is 0 Å². The summed E-state index contributed by atoms with van der Waals surface area (Å²) in [6.45, 7) is 4.01. The maximum absolute atomic E-state index is 13.1. The molecule has 0 aromatic heterocycles. The van der Waals surface area contributed by atoms with Gasteiger partial charge < -0.3 is 25.0 Å². The predicted molar refractivity (Wildman–Crippen MR) is 146 cm³/mol. The lowest BCUT2D eigenvalue weighted by Crippen LogP contribution is -2.45. The van der Waals surface area contributed by atoms with Crippen molar-refractivity contribution in [2.45, 2.75) is 32.2 Å². The second-order valence-corrected chi connectivity index (χ2v) is 9.26. The quantitative estimate of drug-likeness (QED) is 0.455. The molecule has 7 nitrogen and oxygen atoms in total. The average Bonchev–Trinajstić information content (AvgIpc) is 2.93. The van der Waals surface area contributed by atoms with Crippen molar-refractivity contribution < 1.29 is 19.1 Å². The number of carbonyl (C=O) groups is 2. The highest BCUT2D eigenvalue weighted by Gasteiger charge is 2.24. The zero-order valence-corrected chi connectivity index (χ0v) is 21.8. The second kappa shape index (κ2) is 12.3. The van der Waals surface area contributed by atoms with Gasteiger partial charge in [0, 0.05) is 36.9 Å². The number of anilines is 1. The predicted octanol–water partition coefficient (Wildman–Crippen LogP) is 4.38. The van der Waals surface area contributed by atoms with Crippen LogP contribution >= 0.6 is 0 Å². The lowest BCUT2D eigenvalue weighted by molar-refractivity contribution is 0.0929. The molecule has 2 amide bonds. The van der Waals surface area contributed by atoms with Gasteiger partial charge in [0.1, 0.15) is 0 Å². The largest absolute Gasteiger partial charge is 0.493 e. The highest BCUT2D eigenvalue weighted by molar-refractivity contribution is 6.00. The SMILES string of the molecule is COc1ccc(CCNC(=O)c2ccccc2N2CCC(NC(=O)c3ccccc3C)CC2)cc1OC. The Bertz CT molecular complexity index is 1240. The summed E-state index contributed by atoms with van der Waals surface area (Å²) in [7, 11) is 3.22. The van der Waals surface area contributed by atoms with E-state index in [1.165, 1.54) is 0 Å². The molecule has 1 aliphatic rings. The molecule has 1 saturated heterocycles. The lowest BCUT2D eigenvalue weighted by atomic mass is 10.0. The van der Waals surface area contributed by atoms with Gasteiger partial charge in [-0.3, -0.25) is 9.59 Å². The molecule has 1 fully saturated rings. The van der Waals surface area contributed by atoms with Crippen LogP contribution in [0.4, 0.5) is 5.69 Å². The molecule has 0 aliphatic carbocycles. The van der Waals surface area contributed by atoms with Gasteiger partial charge in [0.25, 0.3) is 11.8 Å². The fourth-order valence-corrected chi connectivity index (χ4v) is 4.75. The third-order valence-electron chi connectivity index (χ3n) is 6.86. The number of methoxy groups -OCH3 is 2. The number of hydrogen-bond acceptors (Lipinski definition) is 5. The highest BCUT2D eigenvalue weighted by atomic mass is 16.5. The number of nitrogens with one attached hydrogen (secondary N) is 2. The van der Waals surface area contributed by atoms with Crippen LogP contribution in [0.1, 0.15) is 44.7 Å². The van der Waals surface area contributed by atoms with Gasteiger partial charge in [0.05, 0.1) is 19.8 Å². The summed E-state index contributed by atoms with van der Waals surface area (Å²) in [5.74, 6) is 1.25. The molecule has 3 aromatic carbocycles. The Morgan fingerprint density at radius 2 is 1.54 bits per heavy atom. The Balaban J connectivity index is 1.32. The van der Waals surface area contributed by atoms with Crippen molar-refractivity contribution in [2.24, 2.45) is 0 Å². The standard InChI is InChI=1S/C30H35N3O4/c1-21-8-4-5-9-24(21)30(35)32-23-15-18-33(19-16-23)26-11-7-6-10-25(26)29(34)31-17-14-22-12-13-27(36-2)28(20-22)37-3/h4-13,20,23H,14-19H2,1-3H3,(H,31,34)(H,32,35). The zero-order valence-electron chi connectivity index (χ0n) is 21.8. The van der Waals surface area contributed by atoms with E-state index >= 15 is 0 Å². The minimum Gasteiger partial charge on any atom is -0.493 e. The number of rotatable bonds is 9. The molecule has 37 heavy (non-hydrogen) atoms. The van der Waals surface area contributed by atoms with Crippen LogP contribution in [0.15, 0.2) is 66.7 Å². The summed E-state index contributed by atoms with van der Waals surface area (Å²) in [5, 5.41) is 6.24. The van der Waals surface area contributed by atoms with E-state index in [0.717, 1.165) is 48.3 Å². The number of amides is 2. The van der Waals surface area contributed by atoms with Crippen LogP contribution in [0, 0.1) is 6.92 Å². The molecule has 0 spiro atoms. The van der Waals surface area contributed by atoms with Crippen LogP contribution in [0.25, 0.3) is 0 Å². The van der Waals surface area contributed by atoms with Crippen molar-refractivity contribution in [2.75, 3.05) is 38.8 Å². The van der Waals surface area contributed by atoms with Crippen molar-refractivity contribution in [1.82, 2.24) is 10.6 Å². The van der Waals surface area contributed by atoms with Crippen molar-refractivity contribution in [1.29, 1.82) is 0 Å². The van der Waals surface area contributed by atoms with Gasteiger partial charge in [-0.05, 0) is 67.6 Å². The van der Waals surface area contributed by atoms with Gasteiger partial charge in [0.15, 0.2) is 11.5 Å². The van der Waals surface area contributed by atoms with E-state index in [0.29, 0.717) is 30.0 Å². The van der Waals surface area contributed by atoms with Crippen LogP contribution in [0.2, 0.25) is 0 Å². The summed E-state index contributed by atoms with van der Waals surface area (Å²) in [6, 6.07) is 21.3. The van der Waals surface area contributed by atoms with Crippen LogP contribution in [-0.4, -0.2) is 51.7 Å². The number of carbonyl (C=O) groups excluding carboxylic acids is 2. The minimum absolute atomic E-state index is 0.0224. The Hall–Kier alpha value is -4.00. The summed E-state index contributed by atoms with van der Waals surface area (Å²) in [6.07, 6.45) is 2.33. The topological polar surface area (TPSA) is 79.9 Å². The molecule has 2 N–H and O–H groups in total. The number of aryl methyl sites for hydroxylation is 1. The first-order valence-corrected chi connectivity index (χ1v) is 12.7. The fourth-order valence-electron chi connectivity index (χ4n) is 4.75. The van der Waals surface area contributed by atoms with E-state index in [1.807, 2.05) is 73.7 Å². The fraction of sp³-hybridized carbons (Fsp3) is 0.333. The van der Waals surface area contributed by atoms with Gasteiger partial charge in [-0.1, -0.05) is 36.4 Å². The van der Waals surface area contributed by atoms with E-state index < -0.39 is 0 Å². The Morgan fingerprint density at radius 3 is 2.24 bits per heavy atom. The van der Waals surface area contributed by atoms with E-state index in [4.69, 9.17) is 9.47 Å². The molecular weight excluding hydrogens is 466 g/mol. The van der Waals surface area contributed by atoms with Crippen molar-refractivity contribution in [3.05, 3.63) is 89.0 Å². The Morgan fingerprint density at radius 1 is 0.865 bits per heavy atom. The van der Waals surface area contributed by atoms with Gasteiger partial charge >= 0.3 is 0 Å². The van der Waals surface area contributed by atoms with Crippen molar-refractivity contribution in [3.63, 3.8) is 0 Å². The number of nitrogens with zero attached hydrogens (tertiary/aromatic N) is 1. The Labute approximate surface area is 218 Å². The number of para-hydroxylation sites is 1. The number of ether oxygens (including phenoxy) is 2. The molecule has 3 aromatic rings. The molecular formula is C30H35N3O4. The molecule has 1 heterocycles. The van der Waals surface area contributed by atoms with E-state index in [9.17, 15) is 9.59 Å². The third kappa shape index (κ3) is 6.42. The maximum Gasteiger partial charge on any atom is 0.253 e. The molecule has 0 unspecified atom stereocenters. The second-order valence-electron chi connectivity index (χ2n) is 9.26. The number of benzene rings is 3. The molecule has 4 rings (SSSR count). The summed E-state index contributed by atoms with van der Waals surface area (Å²) in [5.41, 5.74) is 4.34. The Kier molecular flexibility index (Phi) is 8.67. The average molecular weight is 502 g/mol. The smallest absolute Gasteiger partial charge is 0.253 e. The third-order valence-corrected chi connectivity index (χ3v) is 6.86. The monoisotopic (exact) mass is 501 g/mol. The molecule has 0 bridgehead atoms. The summed E-state index contributed by atoms with van der Waals surface area (Å²) >= 11 is 0. The normalized spacial score (nSPS) is 13.6. The van der Waals surface area contributed by atoms with Crippen LogP contribution < -0.4 is 25.0 Å². The van der Waals surface area contributed by atoms with Gasteiger partial charge in [-0.2, -0.15) is 0 Å². The van der Waals surface area contributed by atoms with Crippen LogP contribution in [0.5, 0.6) is 11.5 Å². The summed E-state index contributed by atoms with van der Waals surface area (Å²) < 4.78 is 10.7. The lowest BCUT2D eigenvalue weighted by Gasteiger charge is -2.35. The molecule has 0 atom stereocenters. The zero-order chi connectivity index (χ0) is 26.2. The van der Waals surface area contributed by atoms with E-state index in [1.54, 1.807) is 14.2 Å². The number of piperidine rings is 1. The van der Waals surface area contributed by atoms with Gasteiger partial charge in [-0.15, -0.1) is 0 Å². The van der Waals surface area contributed by atoms with E-state index in [2.05, 4.69) is 15.5 Å². The van der Waals surface area contributed by atoms with Crippen LogP contribution in [-0.2, 0) is 6.42 Å². The first-order valence-electron chi connectivity index (χ1n) is 12.7. The molecule has 7 heteroatoms. The molecule has 0 radical (unpaired) electrons. The van der Waals surface area contributed by atoms with Gasteiger partial charge in [0.2, 0.25) is 0 Å². The first-order chi connectivity index (χ1) is 18.0. The van der Waals surface area contributed by atoms with E-state index in [-0.39, 0.29) is 17.9 Å². The highest BCUT2D eigenvalue weighted by Crippen LogP contribution is 2.28. The van der Waals surface area contributed by atoms with Crippen molar-refractivity contribution in [3.8, 4) is 11.5 Å². The molecule has 194 valence electrons. The molecule has 1 aliphatic heterocycles. The summed E-state index contributed by atoms with van der Waals surface area (Å²) in [4.78, 5) is 28.0. The maximum atomic E-state index is 13.1. The van der Waals surface area contributed by atoms with Crippen LogP contribution in [0.3, 0.4) is 0 Å². The first kappa shape index (κ1) is 26.1. The molecule has 0 saturated carbocycles. The van der Waals surface area contributed by atoms with Crippen molar-refractivity contribution >= 4 is 17.5 Å². The number of hydrogen-bond donors (Lipinski definition) is 2. The minimum atomic E-state index is -0.0916.